The Morgan fingerprint density at radius 1 is 1.33 bits per heavy atom. The van der Waals surface area contributed by atoms with Crippen molar-refractivity contribution in [3.63, 3.8) is 0 Å². The molecule has 2 aliphatic rings. The van der Waals surface area contributed by atoms with E-state index >= 15 is 0 Å². The number of rotatable bonds is 6. The van der Waals surface area contributed by atoms with Crippen LogP contribution in [0.1, 0.15) is 92.4 Å². The van der Waals surface area contributed by atoms with Crippen LogP contribution in [-0.4, -0.2) is 11.2 Å². The lowest BCUT2D eigenvalue weighted by Crippen LogP contribution is -2.49. The largest absolute Gasteiger partial charge is 0.393 e. The minimum Gasteiger partial charge on any atom is -0.393 e. The molecule has 1 N–H and O–H groups in total. The van der Waals surface area contributed by atoms with E-state index in [4.69, 9.17) is 0 Å². The summed E-state index contributed by atoms with van der Waals surface area (Å²) in [7, 11) is 0. The fraction of sp³-hybridized carbons (Fsp3) is 0.826. The second-order valence-corrected chi connectivity index (χ2v) is 9.67. The summed E-state index contributed by atoms with van der Waals surface area (Å²) in [4.78, 5) is 0. The van der Waals surface area contributed by atoms with Crippen molar-refractivity contribution in [3.8, 4) is 0 Å². The number of fused-ring (bicyclic) bond motifs is 1. The van der Waals surface area contributed by atoms with Crippen molar-refractivity contribution in [3.05, 3.63) is 23.8 Å². The Hall–Kier alpha value is -0.560. The molecule has 0 amide bonds. The van der Waals surface area contributed by atoms with Gasteiger partial charge in [-0.05, 0) is 87.9 Å². The minimum atomic E-state index is -0.184. The maximum absolute atomic E-state index is 9.41. The molecular formula is C23H40O. The molecule has 2 rings (SSSR count). The first-order chi connectivity index (χ1) is 11.2. The van der Waals surface area contributed by atoms with Crippen LogP contribution in [-0.2, 0) is 0 Å². The average molecular weight is 333 g/mol. The van der Waals surface area contributed by atoms with Gasteiger partial charge in [0.05, 0.1) is 6.10 Å². The zero-order valence-corrected chi connectivity index (χ0v) is 16.8. The van der Waals surface area contributed by atoms with Gasteiger partial charge in [-0.3, -0.25) is 0 Å². The van der Waals surface area contributed by atoms with Crippen molar-refractivity contribution in [1.82, 2.24) is 0 Å². The highest BCUT2D eigenvalue weighted by Crippen LogP contribution is 2.61. The van der Waals surface area contributed by atoms with Crippen LogP contribution in [0.3, 0.4) is 0 Å². The highest BCUT2D eigenvalue weighted by atomic mass is 16.3. The summed E-state index contributed by atoms with van der Waals surface area (Å²) in [5, 5.41) is 9.41. The van der Waals surface area contributed by atoms with Gasteiger partial charge in [0.15, 0.2) is 0 Å². The standard InChI is InChI=1S/C23H40O/c1-17(9-7-10-19(3)24)11-13-20-18(2)12-14-21-22(4,5)15-8-16-23(20,21)6/h9,19-21,24H,2,7-8,10-16H2,1,3-6H3/b17-9+/t19?,20?,21?,23-/m0/s1. The van der Waals surface area contributed by atoms with Crippen LogP contribution in [0.15, 0.2) is 23.8 Å². The molecule has 0 aromatic carbocycles. The van der Waals surface area contributed by atoms with E-state index in [9.17, 15) is 5.11 Å². The number of aliphatic hydroxyl groups excluding tert-OH is 1. The van der Waals surface area contributed by atoms with E-state index in [-0.39, 0.29) is 6.10 Å². The van der Waals surface area contributed by atoms with Gasteiger partial charge in [-0.1, -0.05) is 51.0 Å². The Kier molecular flexibility index (Phi) is 6.40. The van der Waals surface area contributed by atoms with Crippen molar-refractivity contribution in [1.29, 1.82) is 0 Å². The van der Waals surface area contributed by atoms with Crippen LogP contribution in [0.4, 0.5) is 0 Å². The summed E-state index contributed by atoms with van der Waals surface area (Å²) < 4.78 is 0. The lowest BCUT2D eigenvalue weighted by Gasteiger charge is -2.58. The van der Waals surface area contributed by atoms with Gasteiger partial charge in [0.25, 0.3) is 0 Å². The van der Waals surface area contributed by atoms with E-state index in [0.29, 0.717) is 16.7 Å². The summed E-state index contributed by atoms with van der Waals surface area (Å²) in [5.41, 5.74) is 3.96. The molecule has 0 heterocycles. The van der Waals surface area contributed by atoms with Crippen LogP contribution in [0.25, 0.3) is 0 Å². The quantitative estimate of drug-likeness (QED) is 0.538. The van der Waals surface area contributed by atoms with Gasteiger partial charge in [-0.25, -0.2) is 0 Å². The maximum atomic E-state index is 9.41. The zero-order chi connectivity index (χ0) is 18.0. The van der Waals surface area contributed by atoms with Gasteiger partial charge in [0, 0.05) is 0 Å². The van der Waals surface area contributed by atoms with Crippen LogP contribution in [0.5, 0.6) is 0 Å². The second kappa shape index (κ2) is 7.77. The van der Waals surface area contributed by atoms with Gasteiger partial charge in [-0.15, -0.1) is 0 Å². The normalized spacial score (nSPS) is 34.8. The number of aliphatic hydroxyl groups is 1. The Morgan fingerprint density at radius 2 is 2.04 bits per heavy atom. The highest BCUT2D eigenvalue weighted by Gasteiger charge is 2.52. The topological polar surface area (TPSA) is 20.2 Å². The van der Waals surface area contributed by atoms with Crippen molar-refractivity contribution in [2.45, 2.75) is 98.5 Å². The molecule has 2 fully saturated rings. The van der Waals surface area contributed by atoms with Gasteiger partial charge < -0.3 is 5.11 Å². The van der Waals surface area contributed by atoms with E-state index < -0.39 is 0 Å². The molecule has 3 unspecified atom stereocenters. The summed E-state index contributed by atoms with van der Waals surface area (Å²) in [6.45, 7) is 16.2. The van der Waals surface area contributed by atoms with Gasteiger partial charge >= 0.3 is 0 Å². The van der Waals surface area contributed by atoms with E-state index in [0.717, 1.165) is 18.8 Å². The molecule has 1 heteroatoms. The molecule has 24 heavy (non-hydrogen) atoms. The summed E-state index contributed by atoms with van der Waals surface area (Å²) >= 11 is 0. The van der Waals surface area contributed by atoms with Crippen molar-refractivity contribution in [2.75, 3.05) is 0 Å². The predicted octanol–water partition coefficient (Wildman–Crippen LogP) is 6.67. The summed E-state index contributed by atoms with van der Waals surface area (Å²) in [6, 6.07) is 0. The Bertz CT molecular complexity index is 470. The summed E-state index contributed by atoms with van der Waals surface area (Å²) in [5.74, 6) is 1.55. The molecule has 138 valence electrons. The zero-order valence-electron chi connectivity index (χ0n) is 16.8. The molecule has 0 spiro atoms. The molecule has 2 saturated carbocycles. The summed E-state index contributed by atoms with van der Waals surface area (Å²) in [6.07, 6.45) is 13.2. The van der Waals surface area contributed by atoms with E-state index in [1.165, 1.54) is 56.1 Å². The molecule has 0 radical (unpaired) electrons. The first-order valence-corrected chi connectivity index (χ1v) is 10.2. The second-order valence-electron chi connectivity index (χ2n) is 9.67. The lowest BCUT2D eigenvalue weighted by molar-refractivity contribution is -0.0539. The highest BCUT2D eigenvalue weighted by molar-refractivity contribution is 5.16. The van der Waals surface area contributed by atoms with Crippen LogP contribution >= 0.6 is 0 Å². The third-order valence-corrected chi connectivity index (χ3v) is 7.22. The molecule has 2 aliphatic carbocycles. The molecule has 4 atom stereocenters. The third-order valence-electron chi connectivity index (χ3n) is 7.22. The molecule has 0 bridgehead atoms. The van der Waals surface area contributed by atoms with Crippen molar-refractivity contribution in [2.24, 2.45) is 22.7 Å². The predicted molar refractivity (Wildman–Crippen MR) is 105 cm³/mol. The lowest BCUT2D eigenvalue weighted by atomic mass is 9.47. The Balaban J connectivity index is 2.03. The van der Waals surface area contributed by atoms with Gasteiger partial charge in [0.2, 0.25) is 0 Å². The first-order valence-electron chi connectivity index (χ1n) is 10.2. The van der Waals surface area contributed by atoms with Crippen molar-refractivity contribution >= 4 is 0 Å². The molecule has 0 aromatic rings. The van der Waals surface area contributed by atoms with Crippen LogP contribution in [0.2, 0.25) is 0 Å². The van der Waals surface area contributed by atoms with E-state index in [2.05, 4.69) is 40.3 Å². The van der Waals surface area contributed by atoms with Gasteiger partial charge in [0.1, 0.15) is 0 Å². The third kappa shape index (κ3) is 4.34. The minimum absolute atomic E-state index is 0.184. The fourth-order valence-electron chi connectivity index (χ4n) is 5.85. The molecule has 0 aromatic heterocycles. The Morgan fingerprint density at radius 3 is 2.71 bits per heavy atom. The fourth-order valence-corrected chi connectivity index (χ4v) is 5.85. The first kappa shape index (κ1) is 19.8. The number of hydrogen-bond donors (Lipinski definition) is 1. The van der Waals surface area contributed by atoms with Crippen molar-refractivity contribution < 1.29 is 5.11 Å². The molecular weight excluding hydrogens is 292 g/mol. The maximum Gasteiger partial charge on any atom is 0.0515 e. The smallest absolute Gasteiger partial charge is 0.0515 e. The molecule has 1 nitrogen and oxygen atoms in total. The molecule has 0 aliphatic heterocycles. The van der Waals surface area contributed by atoms with E-state index in [1.807, 2.05) is 6.92 Å². The SMILES string of the molecule is C=C1CCC2C(C)(C)CCC[C@@]2(C)C1CC/C(C)=C/CCC(C)O. The Labute approximate surface area is 150 Å². The number of allylic oxidation sites excluding steroid dienone is 3. The molecule has 0 saturated heterocycles. The van der Waals surface area contributed by atoms with E-state index in [1.54, 1.807) is 0 Å². The average Bonchev–Trinajstić information content (AvgIpc) is 2.45. The van der Waals surface area contributed by atoms with Crippen LogP contribution < -0.4 is 0 Å². The van der Waals surface area contributed by atoms with Gasteiger partial charge in [-0.2, -0.15) is 0 Å². The number of hydrogen-bond acceptors (Lipinski definition) is 1. The monoisotopic (exact) mass is 332 g/mol. The van der Waals surface area contributed by atoms with Crippen LogP contribution in [0, 0.1) is 22.7 Å².